The van der Waals surface area contributed by atoms with E-state index in [2.05, 4.69) is 40.2 Å². The van der Waals surface area contributed by atoms with Gasteiger partial charge in [-0.25, -0.2) is 0 Å². The van der Waals surface area contributed by atoms with Crippen LogP contribution in [0.2, 0.25) is 0 Å². The lowest BCUT2D eigenvalue weighted by Crippen LogP contribution is -2.25. The van der Waals surface area contributed by atoms with Crippen LogP contribution in [-0.4, -0.2) is 15.6 Å². The molecule has 2 atom stereocenters. The molecule has 1 aliphatic carbocycles. The predicted octanol–water partition coefficient (Wildman–Crippen LogP) is 6.43. The molecule has 0 bridgehead atoms. The Hall–Kier alpha value is -0.710. The van der Waals surface area contributed by atoms with E-state index in [0.717, 1.165) is 16.5 Å². The molecule has 2 aromatic rings. The van der Waals surface area contributed by atoms with Gasteiger partial charge in [-0.05, 0) is 49.2 Å². The standard InChI is InChI=1S/C19H19BrOS2/c20-15-12-10-14(11-13-15)19(21)23-18-9-5-4-8-17(18)22-16-6-2-1-3-7-16/h1-3,6-7,10-13,17-18H,4-5,8-9H2/t17-,18-/m0/s1. The lowest BCUT2D eigenvalue weighted by molar-refractivity contribution is 0.108. The Labute approximate surface area is 154 Å². The van der Waals surface area contributed by atoms with Crippen LogP contribution in [0.4, 0.5) is 0 Å². The van der Waals surface area contributed by atoms with E-state index in [1.54, 1.807) is 0 Å². The normalized spacial score (nSPS) is 21.1. The van der Waals surface area contributed by atoms with Crippen LogP contribution in [0, 0.1) is 0 Å². The Kier molecular flexibility index (Phi) is 6.26. The molecule has 0 heterocycles. The number of hydrogen-bond donors (Lipinski definition) is 0. The molecule has 0 unspecified atom stereocenters. The molecule has 120 valence electrons. The highest BCUT2D eigenvalue weighted by Gasteiger charge is 2.29. The van der Waals surface area contributed by atoms with E-state index >= 15 is 0 Å². The van der Waals surface area contributed by atoms with Crippen molar-refractivity contribution < 1.29 is 4.79 Å². The lowest BCUT2D eigenvalue weighted by Gasteiger charge is -2.30. The second kappa shape index (κ2) is 8.41. The number of carbonyl (C=O) groups is 1. The van der Waals surface area contributed by atoms with Gasteiger partial charge in [-0.3, -0.25) is 4.79 Å². The molecule has 0 spiro atoms. The van der Waals surface area contributed by atoms with E-state index < -0.39 is 0 Å². The van der Waals surface area contributed by atoms with Crippen LogP contribution in [0.15, 0.2) is 64.0 Å². The first-order valence-corrected chi connectivity index (χ1v) is 10.5. The number of carbonyl (C=O) groups excluding carboxylic acids is 1. The average Bonchev–Trinajstić information content (AvgIpc) is 2.58. The fourth-order valence-electron chi connectivity index (χ4n) is 2.80. The summed E-state index contributed by atoms with van der Waals surface area (Å²) in [6, 6.07) is 18.2. The molecule has 2 aromatic carbocycles. The van der Waals surface area contributed by atoms with Gasteiger partial charge < -0.3 is 0 Å². The van der Waals surface area contributed by atoms with Gasteiger partial charge in [0.25, 0.3) is 0 Å². The molecule has 0 aliphatic heterocycles. The molecule has 4 heteroatoms. The van der Waals surface area contributed by atoms with Crippen LogP contribution in [0.3, 0.4) is 0 Å². The highest BCUT2D eigenvalue weighted by atomic mass is 79.9. The fourth-order valence-corrected chi connectivity index (χ4v) is 5.75. The van der Waals surface area contributed by atoms with Gasteiger partial charge in [-0.2, -0.15) is 0 Å². The van der Waals surface area contributed by atoms with Gasteiger partial charge in [0.2, 0.25) is 5.12 Å². The van der Waals surface area contributed by atoms with Gasteiger partial charge >= 0.3 is 0 Å². The van der Waals surface area contributed by atoms with Gasteiger partial charge in [-0.1, -0.05) is 58.7 Å². The van der Waals surface area contributed by atoms with Crippen molar-refractivity contribution in [1.29, 1.82) is 0 Å². The first kappa shape index (κ1) is 17.1. The van der Waals surface area contributed by atoms with Crippen molar-refractivity contribution in [3.8, 4) is 0 Å². The first-order chi connectivity index (χ1) is 11.2. The monoisotopic (exact) mass is 406 g/mol. The van der Waals surface area contributed by atoms with Crippen molar-refractivity contribution in [2.75, 3.05) is 0 Å². The Morgan fingerprint density at radius 1 is 0.913 bits per heavy atom. The number of rotatable bonds is 4. The maximum Gasteiger partial charge on any atom is 0.219 e. The van der Waals surface area contributed by atoms with Crippen molar-refractivity contribution in [3.05, 3.63) is 64.6 Å². The summed E-state index contributed by atoms with van der Waals surface area (Å²) in [5, 5.41) is 1.13. The number of thioether (sulfide) groups is 2. The molecule has 1 fully saturated rings. The second-order valence-electron chi connectivity index (χ2n) is 5.70. The highest BCUT2D eigenvalue weighted by molar-refractivity contribution is 9.10. The molecule has 0 amide bonds. The summed E-state index contributed by atoms with van der Waals surface area (Å²) in [5.41, 5.74) is 0.798. The van der Waals surface area contributed by atoms with Crippen LogP contribution in [0.1, 0.15) is 36.0 Å². The summed E-state index contributed by atoms with van der Waals surface area (Å²) in [6.45, 7) is 0. The maximum atomic E-state index is 12.6. The Balaban J connectivity index is 1.66. The lowest BCUT2D eigenvalue weighted by atomic mass is 10.00. The van der Waals surface area contributed by atoms with Gasteiger partial charge in [-0.15, -0.1) is 11.8 Å². The van der Waals surface area contributed by atoms with Crippen LogP contribution in [0.5, 0.6) is 0 Å². The minimum absolute atomic E-state index is 0.197. The third kappa shape index (κ3) is 4.88. The molecule has 0 radical (unpaired) electrons. The minimum atomic E-state index is 0.197. The highest BCUT2D eigenvalue weighted by Crippen LogP contribution is 2.40. The predicted molar refractivity (Wildman–Crippen MR) is 104 cm³/mol. The van der Waals surface area contributed by atoms with E-state index in [1.165, 1.54) is 35.9 Å². The van der Waals surface area contributed by atoms with Crippen molar-refractivity contribution in [1.82, 2.24) is 0 Å². The summed E-state index contributed by atoms with van der Waals surface area (Å²) in [7, 11) is 0. The Morgan fingerprint density at radius 2 is 1.57 bits per heavy atom. The van der Waals surface area contributed by atoms with E-state index in [1.807, 2.05) is 42.1 Å². The maximum absolute atomic E-state index is 12.6. The van der Waals surface area contributed by atoms with Crippen molar-refractivity contribution >= 4 is 44.6 Å². The first-order valence-electron chi connectivity index (χ1n) is 7.90. The molecular weight excluding hydrogens is 388 g/mol. The zero-order valence-electron chi connectivity index (χ0n) is 12.8. The quantitative estimate of drug-likeness (QED) is 0.582. The molecule has 1 aliphatic rings. The summed E-state index contributed by atoms with van der Waals surface area (Å²) < 4.78 is 1.01. The minimum Gasteiger partial charge on any atom is -0.282 e. The number of halogens is 1. The third-order valence-electron chi connectivity index (χ3n) is 4.01. The Morgan fingerprint density at radius 3 is 2.26 bits per heavy atom. The fraction of sp³-hybridized carbons (Fsp3) is 0.316. The molecule has 3 rings (SSSR count). The Bertz CT molecular complexity index is 642. The average molecular weight is 407 g/mol. The molecular formula is C19H19BrOS2. The van der Waals surface area contributed by atoms with Crippen LogP contribution < -0.4 is 0 Å². The van der Waals surface area contributed by atoms with Crippen molar-refractivity contribution in [3.63, 3.8) is 0 Å². The number of hydrogen-bond acceptors (Lipinski definition) is 3. The van der Waals surface area contributed by atoms with Gasteiger partial charge in [0, 0.05) is 25.4 Å². The summed E-state index contributed by atoms with van der Waals surface area (Å²) >= 11 is 6.88. The van der Waals surface area contributed by atoms with Crippen molar-refractivity contribution in [2.24, 2.45) is 0 Å². The van der Waals surface area contributed by atoms with E-state index in [4.69, 9.17) is 0 Å². The molecule has 1 nitrogen and oxygen atoms in total. The smallest absolute Gasteiger partial charge is 0.219 e. The summed E-state index contributed by atoms with van der Waals surface area (Å²) in [6.07, 6.45) is 4.84. The third-order valence-corrected chi connectivity index (χ3v) is 7.44. The van der Waals surface area contributed by atoms with Crippen LogP contribution >= 0.6 is 39.5 Å². The van der Waals surface area contributed by atoms with Gasteiger partial charge in [0.1, 0.15) is 0 Å². The topological polar surface area (TPSA) is 17.1 Å². The SMILES string of the molecule is O=C(S[C@H]1CCCC[C@@H]1Sc1ccccc1)c1ccc(Br)cc1. The van der Waals surface area contributed by atoms with Crippen LogP contribution in [-0.2, 0) is 0 Å². The van der Waals surface area contributed by atoms with Crippen molar-refractivity contribution in [2.45, 2.75) is 41.1 Å². The zero-order valence-corrected chi connectivity index (χ0v) is 16.0. The second-order valence-corrected chi connectivity index (χ2v) is 9.14. The largest absolute Gasteiger partial charge is 0.282 e. The molecule has 0 N–H and O–H groups in total. The molecule has 0 aromatic heterocycles. The summed E-state index contributed by atoms with van der Waals surface area (Å²) in [5.74, 6) is 0. The van der Waals surface area contributed by atoms with Gasteiger partial charge in [0.15, 0.2) is 0 Å². The molecule has 0 saturated heterocycles. The van der Waals surface area contributed by atoms with Crippen LogP contribution in [0.25, 0.3) is 0 Å². The van der Waals surface area contributed by atoms with E-state index in [9.17, 15) is 4.79 Å². The number of benzene rings is 2. The van der Waals surface area contributed by atoms with E-state index in [0.29, 0.717) is 10.5 Å². The molecule has 23 heavy (non-hydrogen) atoms. The van der Waals surface area contributed by atoms with Gasteiger partial charge in [0.05, 0.1) is 0 Å². The zero-order chi connectivity index (χ0) is 16.1. The van der Waals surface area contributed by atoms with E-state index in [-0.39, 0.29) is 5.12 Å². The molecule has 1 saturated carbocycles. The summed E-state index contributed by atoms with van der Waals surface area (Å²) in [4.78, 5) is 13.9.